The maximum atomic E-state index is 12.9. The molecule has 1 aromatic rings. The summed E-state index contributed by atoms with van der Waals surface area (Å²) >= 11 is 0. The lowest BCUT2D eigenvalue weighted by Gasteiger charge is -2.28. The zero-order valence-corrected chi connectivity index (χ0v) is 13.5. The molecule has 5 heteroatoms. The summed E-state index contributed by atoms with van der Waals surface area (Å²) < 4.78 is 27.5. The van der Waals surface area contributed by atoms with Gasteiger partial charge in [0.2, 0.25) is 10.0 Å². The molecule has 0 amide bonds. The fourth-order valence-electron chi connectivity index (χ4n) is 3.89. The first-order valence-corrected chi connectivity index (χ1v) is 9.37. The summed E-state index contributed by atoms with van der Waals surface area (Å²) in [7, 11) is -3.22. The highest BCUT2D eigenvalue weighted by atomic mass is 32.2. The average molecular weight is 308 g/mol. The third kappa shape index (κ3) is 2.87. The quantitative estimate of drug-likeness (QED) is 0.923. The average Bonchev–Trinajstić information content (AvgIpc) is 2.98. The molecule has 2 fully saturated rings. The molecule has 2 heterocycles. The Hall–Kier alpha value is -0.910. The first-order chi connectivity index (χ1) is 9.99. The van der Waals surface area contributed by atoms with Gasteiger partial charge >= 0.3 is 0 Å². The van der Waals surface area contributed by atoms with Crippen LogP contribution in [0.5, 0.6) is 0 Å². The van der Waals surface area contributed by atoms with Crippen molar-refractivity contribution in [3.05, 3.63) is 35.9 Å². The second-order valence-corrected chi connectivity index (χ2v) is 8.41. The van der Waals surface area contributed by atoms with Gasteiger partial charge in [-0.25, -0.2) is 8.42 Å². The lowest BCUT2D eigenvalue weighted by Crippen LogP contribution is -2.44. The van der Waals surface area contributed by atoms with Crippen LogP contribution < -0.4 is 5.32 Å². The molecule has 0 saturated carbocycles. The highest BCUT2D eigenvalue weighted by Gasteiger charge is 2.47. The molecular formula is C16H24N2O2S. The molecule has 4 atom stereocenters. The zero-order valence-electron chi connectivity index (χ0n) is 12.7. The van der Waals surface area contributed by atoms with Crippen molar-refractivity contribution in [2.24, 2.45) is 5.92 Å². The number of hydrogen-bond donors (Lipinski definition) is 1. The van der Waals surface area contributed by atoms with Gasteiger partial charge < -0.3 is 5.32 Å². The summed E-state index contributed by atoms with van der Waals surface area (Å²) in [4.78, 5) is 0. The summed E-state index contributed by atoms with van der Waals surface area (Å²) in [6.07, 6.45) is 0.983. The number of sulfonamides is 1. The van der Waals surface area contributed by atoms with Crippen molar-refractivity contribution >= 4 is 10.0 Å². The maximum absolute atomic E-state index is 12.9. The summed E-state index contributed by atoms with van der Waals surface area (Å²) in [6, 6.07) is 10.2. The van der Waals surface area contributed by atoms with Crippen molar-refractivity contribution < 1.29 is 8.42 Å². The van der Waals surface area contributed by atoms with E-state index in [0.29, 0.717) is 5.92 Å². The molecular weight excluding hydrogens is 284 g/mol. The Balaban J connectivity index is 1.77. The molecule has 3 rings (SSSR count). The largest absolute Gasteiger partial charge is 0.315 e. The minimum Gasteiger partial charge on any atom is -0.315 e. The summed E-state index contributed by atoms with van der Waals surface area (Å²) in [5.41, 5.74) is 1.09. The molecule has 0 aromatic heterocycles. The van der Waals surface area contributed by atoms with Gasteiger partial charge in [-0.15, -0.1) is 0 Å². The SMILES string of the molecule is CC(CS(=O)(=O)N1C(C)CC2CNCC21)c1ccccc1. The van der Waals surface area contributed by atoms with E-state index in [2.05, 4.69) is 5.32 Å². The lowest BCUT2D eigenvalue weighted by atomic mass is 10.0. The predicted octanol–water partition coefficient (Wildman–Crippen LogP) is 1.80. The molecule has 1 N–H and O–H groups in total. The van der Waals surface area contributed by atoms with Crippen LogP contribution in [0, 0.1) is 5.92 Å². The van der Waals surface area contributed by atoms with Crippen LogP contribution in [-0.4, -0.2) is 43.6 Å². The van der Waals surface area contributed by atoms with Crippen molar-refractivity contribution in [3.8, 4) is 0 Å². The fraction of sp³-hybridized carbons (Fsp3) is 0.625. The summed E-state index contributed by atoms with van der Waals surface area (Å²) in [5, 5.41) is 3.33. The van der Waals surface area contributed by atoms with Gasteiger partial charge in [0.25, 0.3) is 0 Å². The van der Waals surface area contributed by atoms with Crippen molar-refractivity contribution in [1.82, 2.24) is 9.62 Å². The molecule has 0 bridgehead atoms. The van der Waals surface area contributed by atoms with Crippen molar-refractivity contribution in [1.29, 1.82) is 0 Å². The van der Waals surface area contributed by atoms with Gasteiger partial charge in [-0.1, -0.05) is 37.3 Å². The van der Waals surface area contributed by atoms with E-state index in [9.17, 15) is 8.42 Å². The summed E-state index contributed by atoms with van der Waals surface area (Å²) in [5.74, 6) is 0.712. The molecule has 2 aliphatic heterocycles. The first-order valence-electron chi connectivity index (χ1n) is 7.76. The van der Waals surface area contributed by atoms with E-state index >= 15 is 0 Å². The standard InChI is InChI=1S/C16H24N2O2S/c1-12(14-6-4-3-5-7-14)11-21(19,20)18-13(2)8-15-9-17-10-16(15)18/h3-7,12-13,15-17H,8-11H2,1-2H3. The number of rotatable bonds is 4. The molecule has 21 heavy (non-hydrogen) atoms. The smallest absolute Gasteiger partial charge is 0.215 e. The molecule has 0 spiro atoms. The molecule has 0 aliphatic carbocycles. The second kappa shape index (κ2) is 5.71. The Bertz CT molecular complexity index is 588. The van der Waals surface area contributed by atoms with Crippen LogP contribution >= 0.6 is 0 Å². The van der Waals surface area contributed by atoms with Crippen LogP contribution in [0.15, 0.2) is 30.3 Å². The molecule has 4 unspecified atom stereocenters. The van der Waals surface area contributed by atoms with E-state index in [0.717, 1.165) is 25.1 Å². The Morgan fingerprint density at radius 2 is 2.00 bits per heavy atom. The van der Waals surface area contributed by atoms with Crippen molar-refractivity contribution in [2.75, 3.05) is 18.8 Å². The number of hydrogen-bond acceptors (Lipinski definition) is 3. The normalized spacial score (nSPS) is 31.2. The number of nitrogens with one attached hydrogen (secondary N) is 1. The van der Waals surface area contributed by atoms with Gasteiger partial charge in [0.05, 0.1) is 5.75 Å². The van der Waals surface area contributed by atoms with E-state index in [1.165, 1.54) is 0 Å². The molecule has 4 nitrogen and oxygen atoms in total. The van der Waals surface area contributed by atoms with E-state index in [1.54, 1.807) is 4.31 Å². The number of benzene rings is 1. The van der Waals surface area contributed by atoms with E-state index < -0.39 is 10.0 Å². The molecule has 2 aliphatic rings. The Morgan fingerprint density at radius 1 is 1.29 bits per heavy atom. The predicted molar refractivity (Wildman–Crippen MR) is 84.7 cm³/mol. The summed E-state index contributed by atoms with van der Waals surface area (Å²) in [6.45, 7) is 5.80. The third-order valence-electron chi connectivity index (χ3n) is 4.86. The van der Waals surface area contributed by atoms with Crippen LogP contribution in [0.3, 0.4) is 0 Å². The highest BCUT2D eigenvalue weighted by molar-refractivity contribution is 7.89. The topological polar surface area (TPSA) is 49.4 Å². The van der Waals surface area contributed by atoms with E-state index in [-0.39, 0.29) is 23.8 Å². The van der Waals surface area contributed by atoms with Crippen LogP contribution in [0.25, 0.3) is 0 Å². The van der Waals surface area contributed by atoms with Crippen molar-refractivity contribution in [2.45, 2.75) is 38.3 Å². The Labute approximate surface area is 127 Å². The molecule has 0 radical (unpaired) electrons. The second-order valence-electron chi connectivity index (χ2n) is 6.49. The zero-order chi connectivity index (χ0) is 15.0. The Morgan fingerprint density at radius 3 is 2.71 bits per heavy atom. The van der Waals surface area contributed by atoms with Crippen molar-refractivity contribution in [3.63, 3.8) is 0 Å². The van der Waals surface area contributed by atoms with Crippen LogP contribution in [-0.2, 0) is 10.0 Å². The van der Waals surface area contributed by atoms with Gasteiger partial charge in [-0.05, 0) is 37.3 Å². The van der Waals surface area contributed by atoms with E-state index in [4.69, 9.17) is 0 Å². The minimum absolute atomic E-state index is 0.0248. The highest BCUT2D eigenvalue weighted by Crippen LogP contribution is 2.35. The minimum atomic E-state index is -3.22. The number of fused-ring (bicyclic) bond motifs is 1. The van der Waals surface area contributed by atoms with E-state index in [1.807, 2.05) is 44.2 Å². The molecule has 1 aromatic carbocycles. The van der Waals surface area contributed by atoms with Gasteiger partial charge in [-0.2, -0.15) is 4.31 Å². The van der Waals surface area contributed by atoms with Gasteiger partial charge in [0.15, 0.2) is 0 Å². The van der Waals surface area contributed by atoms with Gasteiger partial charge in [0.1, 0.15) is 0 Å². The third-order valence-corrected chi connectivity index (χ3v) is 7.05. The van der Waals surface area contributed by atoms with Crippen LogP contribution in [0.4, 0.5) is 0 Å². The molecule has 116 valence electrons. The lowest BCUT2D eigenvalue weighted by molar-refractivity contribution is 0.335. The van der Waals surface area contributed by atoms with Gasteiger partial charge in [-0.3, -0.25) is 0 Å². The fourth-order valence-corrected chi connectivity index (χ4v) is 6.18. The number of nitrogens with zero attached hydrogens (tertiary/aromatic N) is 1. The Kier molecular flexibility index (Phi) is 4.08. The molecule has 2 saturated heterocycles. The first kappa shape index (κ1) is 15.0. The monoisotopic (exact) mass is 308 g/mol. The van der Waals surface area contributed by atoms with Crippen LogP contribution in [0.2, 0.25) is 0 Å². The van der Waals surface area contributed by atoms with Crippen LogP contribution in [0.1, 0.15) is 31.7 Å². The van der Waals surface area contributed by atoms with Gasteiger partial charge in [0, 0.05) is 18.6 Å². The maximum Gasteiger partial charge on any atom is 0.215 e.